The highest BCUT2D eigenvalue weighted by atomic mass is 16.7. The topological polar surface area (TPSA) is 97.4 Å². The van der Waals surface area contributed by atoms with Gasteiger partial charge in [0.2, 0.25) is 18.6 Å². The molecule has 3 rings (SSSR count). The average Bonchev–Trinajstić information content (AvgIpc) is 3.26. The molecule has 9 heteroatoms. The number of nitrogens with zero attached hydrogens (tertiary/aromatic N) is 2. The molecule has 0 radical (unpaired) electrons. The van der Waals surface area contributed by atoms with Crippen LogP contribution in [0.4, 0.5) is 0 Å². The van der Waals surface area contributed by atoms with Crippen LogP contribution in [0.1, 0.15) is 37.0 Å². The molecular formula is C22H31N3O6. The summed E-state index contributed by atoms with van der Waals surface area (Å²) < 4.78 is 15.6. The monoisotopic (exact) mass is 433 g/mol. The summed E-state index contributed by atoms with van der Waals surface area (Å²) in [4.78, 5) is 41.8. The zero-order chi connectivity index (χ0) is 22.4. The number of likely N-dealkylation sites (tertiary alicyclic amines) is 1. The van der Waals surface area contributed by atoms with Gasteiger partial charge in [-0.2, -0.15) is 0 Å². The number of piperidine rings is 1. The Balaban J connectivity index is 1.73. The van der Waals surface area contributed by atoms with Crippen molar-refractivity contribution in [2.45, 2.75) is 32.7 Å². The van der Waals surface area contributed by atoms with E-state index in [0.29, 0.717) is 56.1 Å². The van der Waals surface area contributed by atoms with Crippen molar-refractivity contribution in [1.82, 2.24) is 15.1 Å². The number of benzene rings is 1. The number of methoxy groups -OCH3 is 1. The third-order valence-corrected chi connectivity index (χ3v) is 5.89. The summed E-state index contributed by atoms with van der Waals surface area (Å²) in [6.07, 6.45) is 1.27. The first-order valence-corrected chi connectivity index (χ1v) is 10.7. The fourth-order valence-electron chi connectivity index (χ4n) is 4.07. The van der Waals surface area contributed by atoms with Crippen LogP contribution in [-0.2, 0) is 14.3 Å². The molecule has 1 aromatic rings. The van der Waals surface area contributed by atoms with Gasteiger partial charge in [-0.15, -0.1) is 0 Å². The molecule has 0 spiro atoms. The minimum Gasteiger partial charge on any atom is -0.454 e. The van der Waals surface area contributed by atoms with Crippen LogP contribution < -0.4 is 14.8 Å². The Morgan fingerprint density at radius 2 is 1.84 bits per heavy atom. The minimum absolute atomic E-state index is 0.0489. The van der Waals surface area contributed by atoms with Crippen LogP contribution in [-0.4, -0.2) is 80.3 Å². The predicted octanol–water partition coefficient (Wildman–Crippen LogP) is 1.27. The number of carbonyl (C=O) groups excluding carboxylic acids is 3. The van der Waals surface area contributed by atoms with Crippen molar-refractivity contribution in [3.05, 3.63) is 23.8 Å². The van der Waals surface area contributed by atoms with Crippen LogP contribution in [0.25, 0.3) is 0 Å². The van der Waals surface area contributed by atoms with Gasteiger partial charge < -0.3 is 29.3 Å². The zero-order valence-electron chi connectivity index (χ0n) is 18.4. The van der Waals surface area contributed by atoms with E-state index in [1.165, 1.54) is 7.11 Å². The summed E-state index contributed by atoms with van der Waals surface area (Å²) >= 11 is 0. The Bertz CT molecular complexity index is 802. The number of ether oxygens (including phenoxy) is 3. The average molecular weight is 434 g/mol. The molecule has 0 saturated carbocycles. The van der Waals surface area contributed by atoms with Crippen molar-refractivity contribution in [3.63, 3.8) is 0 Å². The van der Waals surface area contributed by atoms with Crippen molar-refractivity contribution in [1.29, 1.82) is 0 Å². The van der Waals surface area contributed by atoms with Gasteiger partial charge in [0.05, 0.1) is 0 Å². The van der Waals surface area contributed by atoms with E-state index in [1.54, 1.807) is 28.0 Å². The Hall–Kier alpha value is -2.81. The van der Waals surface area contributed by atoms with Crippen LogP contribution in [0, 0.1) is 5.92 Å². The van der Waals surface area contributed by atoms with Gasteiger partial charge in [0, 0.05) is 38.9 Å². The number of hydrogen-bond acceptors (Lipinski definition) is 6. The smallest absolute Gasteiger partial charge is 0.252 e. The molecule has 1 fully saturated rings. The molecule has 2 aliphatic rings. The molecule has 1 saturated heterocycles. The lowest BCUT2D eigenvalue weighted by molar-refractivity contribution is -0.138. The third-order valence-electron chi connectivity index (χ3n) is 5.89. The predicted molar refractivity (Wildman–Crippen MR) is 113 cm³/mol. The fourth-order valence-corrected chi connectivity index (χ4v) is 4.07. The maximum absolute atomic E-state index is 13.2. The minimum atomic E-state index is -0.655. The quantitative estimate of drug-likeness (QED) is 0.663. The number of fused-ring (bicyclic) bond motifs is 1. The largest absolute Gasteiger partial charge is 0.454 e. The van der Waals surface area contributed by atoms with Crippen LogP contribution in [0.5, 0.6) is 11.5 Å². The lowest BCUT2D eigenvalue weighted by Crippen LogP contribution is -2.55. The van der Waals surface area contributed by atoms with Gasteiger partial charge in [-0.1, -0.05) is 0 Å². The number of nitrogens with one attached hydrogen (secondary N) is 1. The number of hydrogen-bond donors (Lipinski definition) is 1. The summed E-state index contributed by atoms with van der Waals surface area (Å²) in [5.41, 5.74) is 0.411. The maximum atomic E-state index is 13.2. The van der Waals surface area contributed by atoms with Gasteiger partial charge in [0.1, 0.15) is 12.6 Å². The third kappa shape index (κ3) is 5.28. The highest BCUT2D eigenvalue weighted by Gasteiger charge is 2.35. The SMILES string of the molecule is CCN(CC)C(=O)[C@H](NC(=O)c1ccc2c(c1)OCO2)C1CCN(C(=O)COC)CC1. The first kappa shape index (κ1) is 22.9. The van der Waals surface area contributed by atoms with Crippen molar-refractivity contribution in [2.24, 2.45) is 5.92 Å². The van der Waals surface area contributed by atoms with Crippen LogP contribution in [0.15, 0.2) is 18.2 Å². The molecule has 31 heavy (non-hydrogen) atoms. The normalized spacial score (nSPS) is 16.7. The standard InChI is InChI=1S/C22H31N3O6/c1-4-24(5-2)22(28)20(15-8-10-25(11-9-15)19(26)13-29-3)23-21(27)16-6-7-17-18(12-16)31-14-30-17/h6-7,12,15,20H,4-5,8-11,13-14H2,1-3H3,(H,23,27)/t20-/m1/s1. The molecular weight excluding hydrogens is 402 g/mol. The highest BCUT2D eigenvalue weighted by molar-refractivity contribution is 5.98. The second-order valence-corrected chi connectivity index (χ2v) is 7.68. The molecule has 1 N–H and O–H groups in total. The van der Waals surface area contributed by atoms with E-state index in [1.807, 2.05) is 13.8 Å². The van der Waals surface area contributed by atoms with E-state index < -0.39 is 6.04 Å². The lowest BCUT2D eigenvalue weighted by Gasteiger charge is -2.37. The highest BCUT2D eigenvalue weighted by Crippen LogP contribution is 2.32. The van der Waals surface area contributed by atoms with E-state index in [0.717, 1.165) is 0 Å². The van der Waals surface area contributed by atoms with Gasteiger partial charge in [0.25, 0.3) is 5.91 Å². The van der Waals surface area contributed by atoms with Gasteiger partial charge in [-0.25, -0.2) is 0 Å². The molecule has 0 aliphatic carbocycles. The fraction of sp³-hybridized carbons (Fsp3) is 0.591. The lowest BCUT2D eigenvalue weighted by atomic mass is 9.88. The molecule has 0 bridgehead atoms. The Morgan fingerprint density at radius 3 is 2.48 bits per heavy atom. The Morgan fingerprint density at radius 1 is 1.16 bits per heavy atom. The Labute approximate surface area is 182 Å². The summed E-state index contributed by atoms with van der Waals surface area (Å²) in [5, 5.41) is 2.96. The second-order valence-electron chi connectivity index (χ2n) is 7.68. The zero-order valence-corrected chi connectivity index (χ0v) is 18.4. The molecule has 0 unspecified atom stereocenters. The van der Waals surface area contributed by atoms with E-state index in [-0.39, 0.29) is 37.0 Å². The van der Waals surface area contributed by atoms with Gasteiger partial charge in [0.15, 0.2) is 11.5 Å². The molecule has 1 atom stereocenters. The summed E-state index contributed by atoms with van der Waals surface area (Å²) in [7, 11) is 1.50. The van der Waals surface area contributed by atoms with Gasteiger partial charge in [-0.3, -0.25) is 14.4 Å². The Kier molecular flexibility index (Phi) is 7.73. The molecule has 170 valence electrons. The second kappa shape index (κ2) is 10.5. The molecule has 2 aliphatic heterocycles. The molecule has 9 nitrogen and oxygen atoms in total. The van der Waals surface area contributed by atoms with Crippen molar-refractivity contribution >= 4 is 17.7 Å². The first-order valence-electron chi connectivity index (χ1n) is 10.7. The van der Waals surface area contributed by atoms with Crippen molar-refractivity contribution in [3.8, 4) is 11.5 Å². The molecule has 2 heterocycles. The summed E-state index contributed by atoms with van der Waals surface area (Å²) in [6.45, 7) is 6.23. The number of amides is 3. The number of rotatable bonds is 8. The van der Waals surface area contributed by atoms with Crippen LogP contribution in [0.2, 0.25) is 0 Å². The van der Waals surface area contributed by atoms with E-state index in [4.69, 9.17) is 14.2 Å². The van der Waals surface area contributed by atoms with E-state index in [2.05, 4.69) is 5.32 Å². The van der Waals surface area contributed by atoms with Crippen molar-refractivity contribution in [2.75, 3.05) is 46.7 Å². The van der Waals surface area contributed by atoms with Gasteiger partial charge in [-0.05, 0) is 50.8 Å². The maximum Gasteiger partial charge on any atom is 0.252 e. The number of carbonyl (C=O) groups is 3. The summed E-state index contributed by atoms with van der Waals surface area (Å²) in [5.74, 6) is 0.571. The van der Waals surface area contributed by atoms with Crippen LogP contribution >= 0.6 is 0 Å². The number of likely N-dealkylation sites (N-methyl/N-ethyl adjacent to an activating group) is 1. The summed E-state index contributed by atoms with van der Waals surface area (Å²) in [6, 6.07) is 4.33. The first-order chi connectivity index (χ1) is 15.0. The van der Waals surface area contributed by atoms with Crippen LogP contribution in [0.3, 0.4) is 0 Å². The van der Waals surface area contributed by atoms with Gasteiger partial charge >= 0.3 is 0 Å². The van der Waals surface area contributed by atoms with E-state index >= 15 is 0 Å². The molecule has 0 aromatic heterocycles. The van der Waals surface area contributed by atoms with E-state index in [9.17, 15) is 14.4 Å². The molecule has 3 amide bonds. The van der Waals surface area contributed by atoms with Crippen molar-refractivity contribution < 1.29 is 28.6 Å². The molecule has 1 aromatic carbocycles.